The number of amidine groups is 1. The van der Waals surface area contributed by atoms with Crippen molar-refractivity contribution >= 4 is 11.8 Å². The molecule has 0 heterocycles. The molecule has 2 N–H and O–H groups in total. The van der Waals surface area contributed by atoms with E-state index in [0.29, 0.717) is 11.1 Å². The zero-order chi connectivity index (χ0) is 19.9. The lowest BCUT2D eigenvalue weighted by Crippen LogP contribution is -2.15. The number of carbonyl (C=O) groups excluding carboxylic acids is 1. The van der Waals surface area contributed by atoms with E-state index in [0.717, 1.165) is 12.1 Å². The Morgan fingerprint density at radius 3 is 2.43 bits per heavy atom. The van der Waals surface area contributed by atoms with Crippen LogP contribution in [0.5, 0.6) is 5.75 Å². The Hall–Kier alpha value is -3.74. The molecule has 0 radical (unpaired) electrons. The summed E-state index contributed by atoms with van der Waals surface area (Å²) >= 11 is 0. The molecule has 0 saturated heterocycles. The summed E-state index contributed by atoms with van der Waals surface area (Å²) in [5.74, 6) is -2.21. The number of halogens is 2. The lowest BCUT2D eigenvalue weighted by atomic mass is 10.1. The number of nitrogens with zero attached hydrogens (tertiary/aromatic N) is 1. The van der Waals surface area contributed by atoms with E-state index in [2.05, 4.69) is 5.16 Å². The van der Waals surface area contributed by atoms with Gasteiger partial charge in [0.15, 0.2) is 17.4 Å². The normalized spacial score (nSPS) is 11.1. The first-order valence-corrected chi connectivity index (χ1v) is 8.30. The van der Waals surface area contributed by atoms with Crippen molar-refractivity contribution in [2.24, 2.45) is 10.9 Å². The van der Waals surface area contributed by atoms with Crippen LogP contribution in [-0.2, 0) is 11.4 Å². The van der Waals surface area contributed by atoms with Gasteiger partial charge >= 0.3 is 5.97 Å². The molecule has 0 aliphatic rings. The topological polar surface area (TPSA) is 73.9 Å². The Morgan fingerprint density at radius 2 is 1.68 bits per heavy atom. The molecule has 28 heavy (non-hydrogen) atoms. The van der Waals surface area contributed by atoms with Crippen LogP contribution in [-0.4, -0.2) is 11.8 Å². The molecule has 0 aliphatic heterocycles. The summed E-state index contributed by atoms with van der Waals surface area (Å²) in [7, 11) is 0. The highest BCUT2D eigenvalue weighted by Crippen LogP contribution is 2.19. The van der Waals surface area contributed by atoms with Crippen molar-refractivity contribution in [2.45, 2.75) is 6.61 Å². The van der Waals surface area contributed by atoms with Gasteiger partial charge in [-0.1, -0.05) is 47.6 Å². The monoisotopic (exact) mass is 382 g/mol. The summed E-state index contributed by atoms with van der Waals surface area (Å²) in [5, 5.41) is 3.64. The van der Waals surface area contributed by atoms with E-state index < -0.39 is 17.6 Å². The van der Waals surface area contributed by atoms with Gasteiger partial charge in [-0.2, -0.15) is 0 Å². The highest BCUT2D eigenvalue weighted by molar-refractivity contribution is 5.98. The van der Waals surface area contributed by atoms with Gasteiger partial charge in [-0.25, -0.2) is 13.6 Å². The van der Waals surface area contributed by atoms with Crippen LogP contribution in [0.3, 0.4) is 0 Å². The molecular formula is C21H16F2N2O3. The standard InChI is InChI=1S/C21H16F2N2O3/c22-17-9-10-19(18(23)12-17)27-13-14-5-4-8-16(11-14)21(26)28-25-20(24)15-6-2-1-3-7-15/h1-12H,13H2,(H2,24,25). The molecule has 3 aromatic carbocycles. The van der Waals surface area contributed by atoms with Gasteiger partial charge in [0.2, 0.25) is 0 Å². The second-order valence-corrected chi connectivity index (χ2v) is 5.79. The number of hydrogen-bond donors (Lipinski definition) is 1. The molecule has 0 saturated carbocycles. The van der Waals surface area contributed by atoms with Crippen molar-refractivity contribution in [3.63, 3.8) is 0 Å². The summed E-state index contributed by atoms with van der Waals surface area (Å²) < 4.78 is 31.9. The second-order valence-electron chi connectivity index (χ2n) is 5.79. The Kier molecular flexibility index (Phi) is 5.96. The van der Waals surface area contributed by atoms with Gasteiger partial charge in [-0.15, -0.1) is 0 Å². The number of oxime groups is 1. The van der Waals surface area contributed by atoms with Crippen molar-refractivity contribution in [3.8, 4) is 5.75 Å². The fraction of sp³-hybridized carbons (Fsp3) is 0.0476. The number of carbonyl (C=O) groups is 1. The molecule has 0 spiro atoms. The van der Waals surface area contributed by atoms with Crippen LogP contribution in [0.2, 0.25) is 0 Å². The van der Waals surface area contributed by atoms with Crippen LogP contribution in [0.15, 0.2) is 78.0 Å². The highest BCUT2D eigenvalue weighted by Gasteiger charge is 2.10. The van der Waals surface area contributed by atoms with Gasteiger partial charge in [-0.05, 0) is 29.8 Å². The van der Waals surface area contributed by atoms with Crippen LogP contribution in [0, 0.1) is 11.6 Å². The van der Waals surface area contributed by atoms with E-state index in [1.54, 1.807) is 42.5 Å². The van der Waals surface area contributed by atoms with E-state index in [-0.39, 0.29) is 23.8 Å². The molecule has 3 rings (SSSR count). The van der Waals surface area contributed by atoms with Gasteiger partial charge in [0.1, 0.15) is 12.4 Å². The molecular weight excluding hydrogens is 366 g/mol. The average molecular weight is 382 g/mol. The molecule has 0 fully saturated rings. The largest absolute Gasteiger partial charge is 0.486 e. The van der Waals surface area contributed by atoms with Crippen molar-refractivity contribution in [1.82, 2.24) is 0 Å². The minimum absolute atomic E-state index is 0.0148. The lowest BCUT2D eigenvalue weighted by molar-refractivity contribution is 0.0516. The Labute approximate surface area is 160 Å². The lowest BCUT2D eigenvalue weighted by Gasteiger charge is -2.08. The summed E-state index contributed by atoms with van der Waals surface area (Å²) in [5.41, 5.74) is 7.23. The summed E-state index contributed by atoms with van der Waals surface area (Å²) in [6, 6.07) is 18.3. The first-order valence-electron chi connectivity index (χ1n) is 8.30. The maximum Gasteiger partial charge on any atom is 0.365 e. The fourth-order valence-corrected chi connectivity index (χ4v) is 2.35. The maximum absolute atomic E-state index is 13.6. The van der Waals surface area contributed by atoms with Crippen LogP contribution < -0.4 is 10.5 Å². The van der Waals surface area contributed by atoms with Crippen LogP contribution in [0.4, 0.5) is 8.78 Å². The minimum Gasteiger partial charge on any atom is -0.486 e. The molecule has 0 aliphatic carbocycles. The van der Waals surface area contributed by atoms with E-state index >= 15 is 0 Å². The maximum atomic E-state index is 13.6. The molecule has 0 atom stereocenters. The van der Waals surface area contributed by atoms with E-state index in [1.165, 1.54) is 12.1 Å². The average Bonchev–Trinajstić information content (AvgIpc) is 2.72. The Bertz CT molecular complexity index is 1010. The quantitative estimate of drug-likeness (QED) is 0.302. The second kappa shape index (κ2) is 8.77. The van der Waals surface area contributed by atoms with Gasteiger partial charge in [0.25, 0.3) is 0 Å². The zero-order valence-corrected chi connectivity index (χ0v) is 14.6. The van der Waals surface area contributed by atoms with Crippen LogP contribution >= 0.6 is 0 Å². The minimum atomic E-state index is -0.804. The first-order chi connectivity index (χ1) is 13.5. The third-order valence-corrected chi connectivity index (χ3v) is 3.75. The van der Waals surface area contributed by atoms with Gasteiger partial charge in [0.05, 0.1) is 5.56 Å². The van der Waals surface area contributed by atoms with Crippen molar-refractivity contribution < 1.29 is 23.1 Å². The van der Waals surface area contributed by atoms with Crippen molar-refractivity contribution in [1.29, 1.82) is 0 Å². The molecule has 0 aromatic heterocycles. The summed E-state index contributed by atoms with van der Waals surface area (Å²) in [4.78, 5) is 17.0. The molecule has 5 nitrogen and oxygen atoms in total. The number of ether oxygens (including phenoxy) is 1. The van der Waals surface area contributed by atoms with Crippen LogP contribution in [0.25, 0.3) is 0 Å². The molecule has 0 bridgehead atoms. The molecule has 0 unspecified atom stereocenters. The van der Waals surface area contributed by atoms with E-state index in [1.807, 2.05) is 6.07 Å². The molecule has 0 amide bonds. The smallest absolute Gasteiger partial charge is 0.365 e. The SMILES string of the molecule is N/C(=N\OC(=O)c1cccc(COc2ccc(F)cc2F)c1)c1ccccc1. The molecule has 7 heteroatoms. The third kappa shape index (κ3) is 4.91. The Balaban J connectivity index is 1.64. The van der Waals surface area contributed by atoms with Crippen molar-refractivity contribution in [2.75, 3.05) is 0 Å². The number of nitrogens with two attached hydrogens (primary N) is 1. The fourth-order valence-electron chi connectivity index (χ4n) is 2.35. The third-order valence-electron chi connectivity index (χ3n) is 3.75. The van der Waals surface area contributed by atoms with E-state index in [4.69, 9.17) is 15.3 Å². The van der Waals surface area contributed by atoms with Gasteiger partial charge < -0.3 is 15.3 Å². The molecule has 142 valence electrons. The number of benzene rings is 3. The summed E-state index contributed by atoms with van der Waals surface area (Å²) in [6.07, 6.45) is 0. The zero-order valence-electron chi connectivity index (χ0n) is 14.6. The van der Waals surface area contributed by atoms with Crippen molar-refractivity contribution in [3.05, 3.63) is 101 Å². The van der Waals surface area contributed by atoms with Gasteiger partial charge in [0, 0.05) is 11.6 Å². The van der Waals surface area contributed by atoms with E-state index in [9.17, 15) is 13.6 Å². The predicted octanol–water partition coefficient (Wildman–Crippen LogP) is 4.02. The molecule has 3 aromatic rings. The summed E-state index contributed by atoms with van der Waals surface area (Å²) in [6.45, 7) is -0.0148. The predicted molar refractivity (Wildman–Crippen MR) is 99.7 cm³/mol. The number of hydrogen-bond acceptors (Lipinski definition) is 4. The van der Waals surface area contributed by atoms with Gasteiger partial charge in [-0.3, -0.25) is 0 Å². The first kappa shape index (κ1) is 19.0. The highest BCUT2D eigenvalue weighted by atomic mass is 19.1. The Morgan fingerprint density at radius 1 is 0.929 bits per heavy atom. The van der Waals surface area contributed by atoms with Crippen LogP contribution in [0.1, 0.15) is 21.5 Å². The number of rotatable bonds is 6.